The number of rotatable bonds is 11. The van der Waals surface area contributed by atoms with Crippen molar-refractivity contribution >= 4 is 11.9 Å². The van der Waals surface area contributed by atoms with Gasteiger partial charge in [0.2, 0.25) is 5.91 Å². The van der Waals surface area contributed by atoms with Crippen LogP contribution in [0.1, 0.15) is 51.9 Å². The van der Waals surface area contributed by atoms with Crippen molar-refractivity contribution in [2.75, 3.05) is 46.5 Å². The van der Waals surface area contributed by atoms with Crippen molar-refractivity contribution in [2.45, 2.75) is 64.0 Å². The molecule has 0 aromatic heterocycles. The number of carbonyl (C=O) groups excluding carboxylic acids is 1. The molecule has 2 N–H and O–H groups in total. The number of aliphatic imine (C=N–C) groups is 1. The molecule has 2 saturated heterocycles. The van der Waals surface area contributed by atoms with Crippen molar-refractivity contribution in [2.24, 2.45) is 4.99 Å². The summed E-state index contributed by atoms with van der Waals surface area (Å²) in [6.45, 7) is 7.03. The Morgan fingerprint density at radius 2 is 2.23 bits per heavy atom. The summed E-state index contributed by atoms with van der Waals surface area (Å²) >= 11 is 0. The molecule has 2 aliphatic rings. The minimum absolute atomic E-state index is 0.298. The highest BCUT2D eigenvalue weighted by Crippen LogP contribution is 2.17. The van der Waals surface area contributed by atoms with Gasteiger partial charge in [-0.05, 0) is 38.5 Å². The van der Waals surface area contributed by atoms with Crippen molar-refractivity contribution in [3.63, 3.8) is 0 Å². The molecule has 1 amide bonds. The van der Waals surface area contributed by atoms with Gasteiger partial charge in [-0.1, -0.05) is 6.92 Å². The van der Waals surface area contributed by atoms with Crippen LogP contribution in [0.15, 0.2) is 4.99 Å². The van der Waals surface area contributed by atoms with E-state index < -0.39 is 0 Å². The van der Waals surface area contributed by atoms with Crippen LogP contribution in [-0.2, 0) is 14.3 Å². The van der Waals surface area contributed by atoms with Crippen molar-refractivity contribution in [1.82, 2.24) is 15.5 Å². The Hall–Kier alpha value is -1.34. The van der Waals surface area contributed by atoms with Gasteiger partial charge in [0.1, 0.15) is 0 Å². The molecule has 2 unspecified atom stereocenters. The smallest absolute Gasteiger partial charge is 0.222 e. The van der Waals surface area contributed by atoms with E-state index in [2.05, 4.69) is 22.5 Å². The number of nitrogens with one attached hydrogen (secondary N) is 2. The van der Waals surface area contributed by atoms with Crippen molar-refractivity contribution in [1.29, 1.82) is 0 Å². The molecule has 0 radical (unpaired) electrons. The van der Waals surface area contributed by atoms with Gasteiger partial charge in [-0.25, -0.2) is 0 Å². The van der Waals surface area contributed by atoms with Crippen molar-refractivity contribution in [3.05, 3.63) is 0 Å². The van der Waals surface area contributed by atoms with E-state index in [1.165, 1.54) is 0 Å². The molecule has 2 fully saturated rings. The molecule has 2 atom stereocenters. The van der Waals surface area contributed by atoms with Crippen LogP contribution in [0.4, 0.5) is 0 Å². The van der Waals surface area contributed by atoms with Gasteiger partial charge in [0.15, 0.2) is 5.96 Å². The fourth-order valence-corrected chi connectivity index (χ4v) is 3.58. The van der Waals surface area contributed by atoms with Gasteiger partial charge in [-0.3, -0.25) is 9.79 Å². The first-order chi connectivity index (χ1) is 12.7. The zero-order valence-electron chi connectivity index (χ0n) is 16.5. The number of ether oxygens (including phenoxy) is 2. The Labute approximate surface area is 157 Å². The lowest BCUT2D eigenvalue weighted by Gasteiger charge is -2.27. The predicted octanol–water partition coefficient (Wildman–Crippen LogP) is 1.53. The maximum Gasteiger partial charge on any atom is 0.222 e. The van der Waals surface area contributed by atoms with Gasteiger partial charge in [0, 0.05) is 52.4 Å². The molecule has 0 aromatic rings. The molecule has 2 aliphatic heterocycles. The minimum atomic E-state index is 0.298. The van der Waals surface area contributed by atoms with E-state index in [9.17, 15) is 4.79 Å². The minimum Gasteiger partial charge on any atom is -0.379 e. The van der Waals surface area contributed by atoms with Gasteiger partial charge >= 0.3 is 0 Å². The zero-order valence-corrected chi connectivity index (χ0v) is 16.5. The number of nitrogens with zero attached hydrogens (tertiary/aromatic N) is 2. The fraction of sp³-hybridized carbons (Fsp3) is 0.895. The van der Waals surface area contributed by atoms with Crippen LogP contribution in [0, 0.1) is 0 Å². The number of hydrogen-bond donors (Lipinski definition) is 2. The lowest BCUT2D eigenvalue weighted by Crippen LogP contribution is -2.42. The molecule has 0 bridgehead atoms. The largest absolute Gasteiger partial charge is 0.379 e. The first-order valence-electron chi connectivity index (χ1n) is 10.2. The summed E-state index contributed by atoms with van der Waals surface area (Å²) in [5.41, 5.74) is 0. The second kappa shape index (κ2) is 12.1. The van der Waals surface area contributed by atoms with Gasteiger partial charge in [-0.2, -0.15) is 0 Å². The maximum absolute atomic E-state index is 11.9. The molecule has 7 heteroatoms. The molecule has 0 spiro atoms. The number of likely N-dealkylation sites (tertiary alicyclic amines) is 1. The number of guanidine groups is 1. The van der Waals surface area contributed by atoms with Crippen molar-refractivity contribution < 1.29 is 14.3 Å². The van der Waals surface area contributed by atoms with Gasteiger partial charge in [0.05, 0.1) is 12.7 Å². The molecule has 150 valence electrons. The quantitative estimate of drug-likeness (QED) is 0.329. The summed E-state index contributed by atoms with van der Waals surface area (Å²) in [5, 5.41) is 6.66. The molecule has 2 heterocycles. The molecular formula is C19H36N4O3. The normalized spacial score (nSPS) is 22.1. The second-order valence-corrected chi connectivity index (χ2v) is 7.03. The van der Waals surface area contributed by atoms with Crippen LogP contribution in [0.2, 0.25) is 0 Å². The van der Waals surface area contributed by atoms with E-state index in [1.54, 1.807) is 7.05 Å². The van der Waals surface area contributed by atoms with E-state index in [-0.39, 0.29) is 0 Å². The number of carbonyl (C=O) groups is 1. The van der Waals surface area contributed by atoms with E-state index in [0.29, 0.717) is 31.1 Å². The Morgan fingerprint density at radius 1 is 1.38 bits per heavy atom. The van der Waals surface area contributed by atoms with E-state index in [0.717, 1.165) is 77.3 Å². The molecule has 26 heavy (non-hydrogen) atoms. The highest BCUT2D eigenvalue weighted by atomic mass is 16.5. The summed E-state index contributed by atoms with van der Waals surface area (Å²) in [4.78, 5) is 18.2. The van der Waals surface area contributed by atoms with Gasteiger partial charge in [0.25, 0.3) is 0 Å². The average Bonchev–Trinajstić information content (AvgIpc) is 3.31. The second-order valence-electron chi connectivity index (χ2n) is 7.03. The van der Waals surface area contributed by atoms with E-state index >= 15 is 0 Å². The molecule has 7 nitrogen and oxygen atoms in total. The van der Waals surface area contributed by atoms with Crippen LogP contribution in [0.5, 0.6) is 0 Å². The predicted molar refractivity (Wildman–Crippen MR) is 103 cm³/mol. The van der Waals surface area contributed by atoms with Crippen LogP contribution in [-0.4, -0.2) is 75.4 Å². The molecule has 0 saturated carbocycles. The van der Waals surface area contributed by atoms with Crippen LogP contribution in [0.3, 0.4) is 0 Å². The van der Waals surface area contributed by atoms with Crippen LogP contribution < -0.4 is 10.6 Å². The third kappa shape index (κ3) is 7.11. The summed E-state index contributed by atoms with van der Waals surface area (Å²) in [6.07, 6.45) is 7.18. The Kier molecular flexibility index (Phi) is 9.77. The number of amides is 1. The molecule has 0 aromatic carbocycles. The Bertz CT molecular complexity index is 439. The summed E-state index contributed by atoms with van der Waals surface area (Å²) in [6, 6.07) is 0.335. The Balaban J connectivity index is 1.52. The third-order valence-electron chi connectivity index (χ3n) is 5.10. The monoisotopic (exact) mass is 368 g/mol. The van der Waals surface area contributed by atoms with Gasteiger partial charge in [-0.15, -0.1) is 0 Å². The first kappa shape index (κ1) is 21.0. The lowest BCUT2D eigenvalue weighted by atomic mass is 10.1. The van der Waals surface area contributed by atoms with Crippen LogP contribution >= 0.6 is 0 Å². The summed E-state index contributed by atoms with van der Waals surface area (Å²) < 4.78 is 11.2. The maximum atomic E-state index is 11.9. The highest BCUT2D eigenvalue weighted by molar-refractivity contribution is 5.79. The average molecular weight is 369 g/mol. The molecular weight excluding hydrogens is 332 g/mol. The lowest BCUT2D eigenvalue weighted by molar-refractivity contribution is -0.129. The summed E-state index contributed by atoms with van der Waals surface area (Å²) in [7, 11) is 1.78. The SMILES string of the molecule is CCC(CCNC(=NC)NCCCOCC1CCCO1)N1CCCC1=O. The first-order valence-corrected chi connectivity index (χ1v) is 10.2. The topological polar surface area (TPSA) is 75.2 Å². The Morgan fingerprint density at radius 3 is 2.88 bits per heavy atom. The van der Waals surface area contributed by atoms with E-state index in [1.807, 2.05) is 4.90 Å². The number of hydrogen-bond acceptors (Lipinski definition) is 4. The van der Waals surface area contributed by atoms with Crippen molar-refractivity contribution in [3.8, 4) is 0 Å². The fourth-order valence-electron chi connectivity index (χ4n) is 3.58. The van der Waals surface area contributed by atoms with E-state index in [4.69, 9.17) is 9.47 Å². The third-order valence-corrected chi connectivity index (χ3v) is 5.10. The summed E-state index contributed by atoms with van der Waals surface area (Å²) in [5.74, 6) is 1.12. The highest BCUT2D eigenvalue weighted by Gasteiger charge is 2.26. The zero-order chi connectivity index (χ0) is 18.6. The standard InChI is InChI=1S/C19H36N4O3/c1-3-16(23-12-4-8-18(23)24)9-11-22-19(20-2)21-10-6-13-25-15-17-7-5-14-26-17/h16-17H,3-15H2,1-2H3,(H2,20,21,22). The van der Waals surface area contributed by atoms with Gasteiger partial charge < -0.3 is 25.0 Å². The van der Waals surface area contributed by atoms with Crippen LogP contribution in [0.25, 0.3) is 0 Å². The molecule has 2 rings (SSSR count). The molecule has 0 aliphatic carbocycles.